The Morgan fingerprint density at radius 3 is 1.63 bits per heavy atom. The molecule has 1 aromatic heterocycles. The Balaban J connectivity index is 0.00000784. The molecule has 4 rings (SSSR count). The maximum Gasteiger partial charge on any atom is 0.561 e. The third-order valence-corrected chi connectivity index (χ3v) is 9.54. The molecule has 1 amide bonds. The standard InChI is InChI=1S/C35H50BN7O10.Eu/c1-37(21-26-8-9-30-29(20-26)27-6-4-5-7-28(27)35(36(51)52)43(30)19-10-38(2)53-3)31(44)22-39-11-13-40(23-32(45)46)15-17-42(25-34(49)50)18-16-41(14-12-39)24-33(47)48;/h4-9,20,51-52H,10-19,21-25H2,1-3H3,(H2-,45,46,47,48,49,50);/p+1. The fourth-order valence-electron chi connectivity index (χ4n) is 6.66. The van der Waals surface area contributed by atoms with Crippen LogP contribution in [0.15, 0.2) is 42.5 Å². The summed E-state index contributed by atoms with van der Waals surface area (Å²) >= 11 is 0. The Morgan fingerprint density at radius 2 is 1.19 bits per heavy atom. The van der Waals surface area contributed by atoms with Crippen molar-refractivity contribution < 1.29 is 103 Å². The van der Waals surface area contributed by atoms with Gasteiger partial charge in [-0.25, -0.2) is 0 Å². The summed E-state index contributed by atoms with van der Waals surface area (Å²) < 4.78 is 1.87. The van der Waals surface area contributed by atoms with E-state index in [1.54, 1.807) is 45.9 Å². The zero-order chi connectivity index (χ0) is 38.7. The van der Waals surface area contributed by atoms with E-state index in [2.05, 4.69) is 0 Å². The molecule has 0 unspecified atom stereocenters. The number of fused-ring (bicyclic) bond motifs is 3. The molecule has 3 aromatic rings. The quantitative estimate of drug-likeness (QED) is 0.0480. The van der Waals surface area contributed by atoms with Crippen LogP contribution in [0.1, 0.15) is 5.56 Å². The Morgan fingerprint density at radius 1 is 0.722 bits per heavy atom. The molecule has 2 aromatic carbocycles. The van der Waals surface area contributed by atoms with E-state index >= 15 is 0 Å². The molecule has 1 fully saturated rings. The average molecular weight is 893 g/mol. The molecule has 19 heteroatoms. The summed E-state index contributed by atoms with van der Waals surface area (Å²) in [6.45, 7) is 2.92. The normalized spacial score (nSPS) is 15.7. The van der Waals surface area contributed by atoms with Gasteiger partial charge in [0.25, 0.3) is 0 Å². The number of nitrogens with zero attached hydrogens (tertiary/aromatic N) is 7. The third-order valence-electron chi connectivity index (χ3n) is 9.54. The van der Waals surface area contributed by atoms with Gasteiger partial charge in [-0.3, -0.25) is 38.8 Å². The summed E-state index contributed by atoms with van der Waals surface area (Å²) in [5.74, 6) is -3.24. The van der Waals surface area contributed by atoms with E-state index in [0.29, 0.717) is 63.3 Å². The van der Waals surface area contributed by atoms with Gasteiger partial charge in [-0.2, -0.15) is 9.63 Å². The number of carbonyl (C=O) groups is 4. The second kappa shape index (κ2) is 22.2. The molecule has 0 aliphatic carbocycles. The average Bonchev–Trinajstić information content (AvgIpc) is 3.10. The number of benzene rings is 2. The van der Waals surface area contributed by atoms with Crippen LogP contribution in [0.4, 0.5) is 0 Å². The van der Waals surface area contributed by atoms with Crippen LogP contribution in [0.3, 0.4) is 0 Å². The molecule has 5 N–H and O–H groups in total. The maximum atomic E-state index is 13.7. The Labute approximate surface area is 355 Å². The first kappa shape index (κ1) is 45.7. The van der Waals surface area contributed by atoms with Crippen LogP contribution in [0.25, 0.3) is 21.7 Å². The number of hydrogen-bond donors (Lipinski definition) is 5. The smallest absolute Gasteiger partial charge is 0.480 e. The Hall–Kier alpha value is -2.68. The molecule has 295 valence electrons. The van der Waals surface area contributed by atoms with Crippen molar-refractivity contribution in [3.63, 3.8) is 0 Å². The van der Waals surface area contributed by atoms with Crippen LogP contribution in [0, 0.1) is 49.4 Å². The molecule has 1 aliphatic heterocycles. The number of carbonyl (C=O) groups excluding carboxylic acids is 1. The molecule has 1 saturated heterocycles. The van der Waals surface area contributed by atoms with Gasteiger partial charge in [0.15, 0.2) is 6.54 Å². The number of aliphatic carboxylic acids is 3. The number of likely N-dealkylation sites (N-methyl/N-ethyl adjacent to an activating group) is 2. The van der Waals surface area contributed by atoms with Crippen LogP contribution in [-0.2, 0) is 37.1 Å². The van der Waals surface area contributed by atoms with Crippen molar-refractivity contribution in [3.05, 3.63) is 48.0 Å². The monoisotopic (exact) mass is 893 g/mol. The number of carboxylic acid groups (broad SMARTS) is 3. The van der Waals surface area contributed by atoms with E-state index < -0.39 is 25.0 Å². The van der Waals surface area contributed by atoms with Gasteiger partial charge < -0.3 is 35.1 Å². The van der Waals surface area contributed by atoms with Gasteiger partial charge in [0.2, 0.25) is 17.0 Å². The van der Waals surface area contributed by atoms with Crippen molar-refractivity contribution in [1.29, 1.82) is 0 Å². The van der Waals surface area contributed by atoms with E-state index in [4.69, 9.17) is 4.84 Å². The summed E-state index contributed by atoms with van der Waals surface area (Å²) in [5, 5.41) is 53.4. The van der Waals surface area contributed by atoms with Crippen molar-refractivity contribution in [2.24, 2.45) is 0 Å². The Bertz CT molecular complexity index is 1720. The van der Waals surface area contributed by atoms with Gasteiger partial charge in [-0.05, 0) is 17.7 Å². The number of amides is 1. The molecular formula is C35H51BEuN7O10+. The predicted octanol–water partition coefficient (Wildman–Crippen LogP) is -2.11. The molecule has 0 bridgehead atoms. The summed E-state index contributed by atoms with van der Waals surface area (Å²) in [7, 11) is 3.34. The van der Waals surface area contributed by atoms with Crippen LogP contribution in [-0.4, -0.2) is 192 Å². The molecule has 1 radical (unpaired) electrons. The minimum atomic E-state index is -1.72. The molecule has 0 atom stereocenters. The molecule has 0 spiro atoms. The van der Waals surface area contributed by atoms with Crippen molar-refractivity contribution in [3.8, 4) is 0 Å². The van der Waals surface area contributed by atoms with Gasteiger partial charge in [-0.1, -0.05) is 24.3 Å². The zero-order valence-corrected chi connectivity index (χ0v) is 33.4. The predicted molar refractivity (Wildman–Crippen MR) is 196 cm³/mol. The number of hydrogen-bond acceptors (Lipinski definition) is 12. The van der Waals surface area contributed by atoms with Crippen molar-refractivity contribution in [2.75, 3.05) is 106 Å². The fourth-order valence-corrected chi connectivity index (χ4v) is 6.66. The van der Waals surface area contributed by atoms with E-state index in [1.807, 2.05) is 51.9 Å². The van der Waals surface area contributed by atoms with Crippen LogP contribution >= 0.6 is 0 Å². The molecule has 1 aliphatic rings. The van der Waals surface area contributed by atoms with E-state index in [9.17, 15) is 44.5 Å². The topological polar surface area (TPSA) is 202 Å². The number of hydroxylamine groups is 2. The number of carboxylic acids is 3. The molecule has 0 saturated carbocycles. The molecule has 2 heterocycles. The van der Waals surface area contributed by atoms with Gasteiger partial charge >= 0.3 is 25.0 Å². The fraction of sp³-hybridized carbons (Fsp3) is 0.514. The largest absolute Gasteiger partial charge is 0.561 e. The second-order valence-corrected chi connectivity index (χ2v) is 13.4. The van der Waals surface area contributed by atoms with E-state index in [-0.39, 0.29) is 101 Å². The summed E-state index contributed by atoms with van der Waals surface area (Å²) in [6.07, 6.45) is 0. The van der Waals surface area contributed by atoms with Crippen LogP contribution in [0.2, 0.25) is 0 Å². The van der Waals surface area contributed by atoms with Gasteiger partial charge in [0, 0.05) is 139 Å². The van der Waals surface area contributed by atoms with Crippen molar-refractivity contribution in [2.45, 2.75) is 13.1 Å². The third kappa shape index (κ3) is 13.5. The minimum Gasteiger partial charge on any atom is -0.480 e. The van der Waals surface area contributed by atoms with Crippen LogP contribution < -0.4 is 10.2 Å². The minimum absolute atomic E-state index is 0. The molecule has 17 nitrogen and oxygen atoms in total. The zero-order valence-electron chi connectivity index (χ0n) is 31.0. The summed E-state index contributed by atoms with van der Waals surface area (Å²) in [5.41, 5.74) is 2.01. The van der Waals surface area contributed by atoms with Gasteiger partial charge in [0.05, 0.1) is 45.2 Å². The first-order valence-electron chi connectivity index (χ1n) is 17.5. The first-order valence-corrected chi connectivity index (χ1v) is 17.5. The SMILES string of the molecule is CON(C)CC[n+]1c(B(O)O)c2ccccc2c2cc(CN(C)C(=O)CN3CCN(CC(=O)O)CCN(CC(=O)O)CCN(CC(=O)O)CC3)ccc21.[Eu]. The Kier molecular flexibility index (Phi) is 18.8. The van der Waals surface area contributed by atoms with Crippen molar-refractivity contribution >= 4 is 58.2 Å². The molecule has 54 heavy (non-hydrogen) atoms. The molecular weight excluding hydrogens is 841 g/mol. The number of aromatic nitrogens is 1. The van der Waals surface area contributed by atoms with Crippen LogP contribution in [0.5, 0.6) is 0 Å². The second-order valence-electron chi connectivity index (χ2n) is 13.4. The summed E-state index contributed by atoms with van der Waals surface area (Å²) in [6, 6.07) is 13.3. The van der Waals surface area contributed by atoms with E-state index in [1.165, 1.54) is 0 Å². The number of pyridine rings is 1. The summed E-state index contributed by atoms with van der Waals surface area (Å²) in [4.78, 5) is 62.4. The van der Waals surface area contributed by atoms with Gasteiger partial charge in [-0.15, -0.1) is 0 Å². The first-order chi connectivity index (χ1) is 25.2. The van der Waals surface area contributed by atoms with Crippen molar-refractivity contribution in [1.82, 2.24) is 29.6 Å². The van der Waals surface area contributed by atoms with E-state index in [0.717, 1.165) is 21.9 Å². The number of rotatable bonds is 15. The van der Waals surface area contributed by atoms with Gasteiger partial charge in [0.1, 0.15) is 0 Å². The maximum absolute atomic E-state index is 13.7.